The van der Waals surface area contributed by atoms with Crippen molar-refractivity contribution in [3.63, 3.8) is 0 Å². The summed E-state index contributed by atoms with van der Waals surface area (Å²) in [5.74, 6) is -1.72. The quantitative estimate of drug-likeness (QED) is 0.779. The summed E-state index contributed by atoms with van der Waals surface area (Å²) < 4.78 is 77.6. The van der Waals surface area contributed by atoms with Crippen molar-refractivity contribution in [1.82, 2.24) is 20.6 Å². The molecule has 1 aliphatic carbocycles. The van der Waals surface area contributed by atoms with Crippen LogP contribution in [0.5, 0.6) is 5.88 Å². The first-order chi connectivity index (χ1) is 11.5. The van der Waals surface area contributed by atoms with Crippen molar-refractivity contribution in [3.8, 4) is 5.88 Å². The Hall–Kier alpha value is -2.27. The molecule has 1 heterocycles. The van der Waals surface area contributed by atoms with Gasteiger partial charge in [0.2, 0.25) is 5.88 Å². The Morgan fingerprint density at radius 2 is 1.88 bits per heavy atom. The number of ether oxygens (including phenoxy) is 1. The molecule has 12 heteroatoms. The lowest BCUT2D eigenvalue weighted by Crippen LogP contribution is -2.51. The number of nitrogens with one attached hydrogen (secondary N) is 2. The summed E-state index contributed by atoms with van der Waals surface area (Å²) in [4.78, 5) is 18.8. The maximum absolute atomic E-state index is 12.3. The molecule has 0 radical (unpaired) electrons. The minimum Gasteiger partial charge on any atom is -0.468 e. The van der Waals surface area contributed by atoms with Crippen LogP contribution < -0.4 is 15.4 Å². The summed E-state index contributed by atoms with van der Waals surface area (Å²) >= 11 is 0. The van der Waals surface area contributed by atoms with E-state index in [1.54, 1.807) is 0 Å². The normalized spacial score (nSPS) is 20.6. The predicted molar refractivity (Wildman–Crippen MR) is 71.5 cm³/mol. The topological polar surface area (TPSA) is 76.1 Å². The molecule has 0 bridgehead atoms. The summed E-state index contributed by atoms with van der Waals surface area (Å²) in [6, 6.07) is -0.139. The Morgan fingerprint density at radius 1 is 1.20 bits per heavy atom. The van der Waals surface area contributed by atoms with E-state index in [0.717, 1.165) is 12.4 Å². The van der Waals surface area contributed by atoms with Crippen molar-refractivity contribution in [3.05, 3.63) is 18.1 Å². The standard InChI is InChI=1S/C13H14F6N4O2/c14-12(15,16)5-25-10-3-9(21-6-22-10)4-20-11(24)23-8-1-7(2-8)13(17,18)19/h3,6-8H,1-2,4-5H2,(H2,20,23,24). The summed E-state index contributed by atoms with van der Waals surface area (Å²) in [5.41, 5.74) is 0.184. The maximum Gasteiger partial charge on any atom is 0.422 e. The molecule has 1 saturated carbocycles. The van der Waals surface area contributed by atoms with Crippen LogP contribution in [0, 0.1) is 5.92 Å². The molecule has 0 spiro atoms. The van der Waals surface area contributed by atoms with Gasteiger partial charge in [-0.15, -0.1) is 0 Å². The molecule has 2 amide bonds. The first kappa shape index (κ1) is 19.1. The number of urea groups is 1. The van der Waals surface area contributed by atoms with Crippen LogP contribution in [0.2, 0.25) is 0 Å². The lowest BCUT2D eigenvalue weighted by molar-refractivity contribution is -0.198. The second-order valence-electron chi connectivity index (χ2n) is 5.49. The third-order valence-electron chi connectivity index (χ3n) is 3.45. The summed E-state index contributed by atoms with van der Waals surface area (Å²) in [6.07, 6.45) is -8.16. The van der Waals surface area contributed by atoms with E-state index in [0.29, 0.717) is 0 Å². The maximum atomic E-state index is 12.3. The van der Waals surface area contributed by atoms with Crippen LogP contribution in [-0.4, -0.2) is 41.0 Å². The van der Waals surface area contributed by atoms with Gasteiger partial charge in [0.1, 0.15) is 6.33 Å². The van der Waals surface area contributed by atoms with Crippen LogP contribution >= 0.6 is 0 Å². The van der Waals surface area contributed by atoms with Crippen molar-refractivity contribution >= 4 is 6.03 Å². The Bertz CT molecular complexity index is 601. The zero-order chi connectivity index (χ0) is 18.7. The molecule has 1 fully saturated rings. The Balaban J connectivity index is 1.73. The number of aromatic nitrogens is 2. The van der Waals surface area contributed by atoms with E-state index in [1.807, 2.05) is 0 Å². The van der Waals surface area contributed by atoms with E-state index in [2.05, 4.69) is 25.3 Å². The lowest BCUT2D eigenvalue weighted by atomic mass is 9.80. The molecule has 6 nitrogen and oxygen atoms in total. The molecule has 0 unspecified atom stereocenters. The zero-order valence-corrected chi connectivity index (χ0v) is 12.6. The van der Waals surface area contributed by atoms with Gasteiger partial charge < -0.3 is 15.4 Å². The molecule has 0 aliphatic heterocycles. The van der Waals surface area contributed by atoms with Crippen molar-refractivity contribution in [2.24, 2.45) is 5.92 Å². The van der Waals surface area contributed by atoms with Gasteiger partial charge in [0.05, 0.1) is 18.2 Å². The highest BCUT2D eigenvalue weighted by Crippen LogP contribution is 2.40. The molecule has 0 atom stereocenters. The monoisotopic (exact) mass is 372 g/mol. The van der Waals surface area contributed by atoms with Crippen LogP contribution in [0.25, 0.3) is 0 Å². The summed E-state index contributed by atoms with van der Waals surface area (Å²) in [6.45, 7) is -1.66. The SMILES string of the molecule is O=C(NCc1cc(OCC(F)(F)F)ncn1)NC1CC(C(F)(F)F)C1. The van der Waals surface area contributed by atoms with Gasteiger partial charge >= 0.3 is 18.4 Å². The minimum atomic E-state index is -4.51. The van der Waals surface area contributed by atoms with Crippen LogP contribution in [0.4, 0.5) is 31.1 Å². The number of nitrogens with zero attached hydrogens (tertiary/aromatic N) is 2. The molecule has 1 aromatic heterocycles. The van der Waals surface area contributed by atoms with Gasteiger partial charge in [0.15, 0.2) is 6.61 Å². The fraction of sp³-hybridized carbons (Fsp3) is 0.615. The first-order valence-corrected chi connectivity index (χ1v) is 7.14. The average molecular weight is 372 g/mol. The van der Waals surface area contributed by atoms with Crippen LogP contribution in [0.15, 0.2) is 12.4 Å². The van der Waals surface area contributed by atoms with Gasteiger partial charge in [-0.3, -0.25) is 0 Å². The third-order valence-corrected chi connectivity index (χ3v) is 3.45. The summed E-state index contributed by atoms with van der Waals surface area (Å²) in [5, 5.41) is 4.73. The third kappa shape index (κ3) is 6.27. The molecule has 0 saturated heterocycles. The summed E-state index contributed by atoms with van der Waals surface area (Å²) in [7, 11) is 0. The molecular weight excluding hydrogens is 358 g/mol. The molecule has 140 valence electrons. The highest BCUT2D eigenvalue weighted by atomic mass is 19.4. The van der Waals surface area contributed by atoms with Crippen LogP contribution in [-0.2, 0) is 6.54 Å². The zero-order valence-electron chi connectivity index (χ0n) is 12.6. The van der Waals surface area contributed by atoms with Gasteiger partial charge in [0, 0.05) is 12.1 Å². The molecule has 2 rings (SSSR count). The largest absolute Gasteiger partial charge is 0.468 e. The van der Waals surface area contributed by atoms with E-state index in [-0.39, 0.29) is 31.0 Å². The first-order valence-electron chi connectivity index (χ1n) is 7.14. The van der Waals surface area contributed by atoms with E-state index in [4.69, 9.17) is 0 Å². The smallest absolute Gasteiger partial charge is 0.422 e. The Labute approximate surface area is 138 Å². The highest BCUT2D eigenvalue weighted by molar-refractivity contribution is 5.74. The molecular formula is C13H14F6N4O2. The molecule has 25 heavy (non-hydrogen) atoms. The minimum absolute atomic E-state index is 0.147. The average Bonchev–Trinajstić information content (AvgIpc) is 2.45. The molecule has 0 aromatic carbocycles. The molecule has 2 N–H and O–H groups in total. The van der Waals surface area contributed by atoms with E-state index < -0.39 is 37.0 Å². The Kier molecular flexibility index (Phi) is 5.58. The number of carbonyl (C=O) groups excluding carboxylic acids is 1. The van der Waals surface area contributed by atoms with Crippen molar-refractivity contribution in [2.45, 2.75) is 37.8 Å². The number of hydrogen-bond donors (Lipinski definition) is 2. The fourth-order valence-electron chi connectivity index (χ4n) is 2.12. The van der Waals surface area contributed by atoms with E-state index in [1.165, 1.54) is 0 Å². The second kappa shape index (κ2) is 7.31. The van der Waals surface area contributed by atoms with Crippen molar-refractivity contribution < 1.29 is 35.9 Å². The Morgan fingerprint density at radius 3 is 2.48 bits per heavy atom. The van der Waals surface area contributed by atoms with E-state index in [9.17, 15) is 31.1 Å². The van der Waals surface area contributed by atoms with Crippen molar-refractivity contribution in [2.75, 3.05) is 6.61 Å². The van der Waals surface area contributed by atoms with Gasteiger partial charge in [-0.05, 0) is 12.8 Å². The number of halogens is 6. The number of rotatable bonds is 5. The molecule has 1 aromatic rings. The second-order valence-corrected chi connectivity index (χ2v) is 5.49. The van der Waals surface area contributed by atoms with Gasteiger partial charge in [-0.2, -0.15) is 26.3 Å². The number of hydrogen-bond acceptors (Lipinski definition) is 4. The highest BCUT2D eigenvalue weighted by Gasteiger charge is 2.48. The fourth-order valence-corrected chi connectivity index (χ4v) is 2.12. The van der Waals surface area contributed by atoms with Gasteiger partial charge in [0.25, 0.3) is 0 Å². The van der Waals surface area contributed by atoms with Crippen LogP contribution in [0.1, 0.15) is 18.5 Å². The van der Waals surface area contributed by atoms with Gasteiger partial charge in [-0.25, -0.2) is 14.8 Å². The number of amides is 2. The molecule has 1 aliphatic rings. The lowest BCUT2D eigenvalue weighted by Gasteiger charge is -2.36. The van der Waals surface area contributed by atoms with Crippen molar-refractivity contribution in [1.29, 1.82) is 0 Å². The van der Waals surface area contributed by atoms with Crippen LogP contribution in [0.3, 0.4) is 0 Å². The number of alkyl halides is 6. The van der Waals surface area contributed by atoms with E-state index >= 15 is 0 Å². The predicted octanol–water partition coefficient (Wildman–Crippen LogP) is 2.56. The van der Waals surface area contributed by atoms with Gasteiger partial charge in [-0.1, -0.05) is 0 Å². The number of carbonyl (C=O) groups is 1.